The Hall–Kier alpha value is -2.93. The Balaban J connectivity index is 1.73. The van der Waals surface area contributed by atoms with Gasteiger partial charge < -0.3 is 25.4 Å². The van der Waals surface area contributed by atoms with Crippen molar-refractivity contribution in [2.75, 3.05) is 24.0 Å². The monoisotopic (exact) mass is 361 g/mol. The van der Waals surface area contributed by atoms with Gasteiger partial charge in [0.05, 0.1) is 5.02 Å². The lowest BCUT2D eigenvalue weighted by atomic mass is 10.1. The van der Waals surface area contributed by atoms with Gasteiger partial charge in [-0.2, -0.15) is 0 Å². The number of hydrogen-bond acceptors (Lipinski definition) is 4. The zero-order valence-electron chi connectivity index (χ0n) is 13.4. The second kappa shape index (κ2) is 7.31. The van der Waals surface area contributed by atoms with Crippen LogP contribution in [0.1, 0.15) is 17.3 Å². The normalized spacial score (nSPS) is 11.8. The van der Waals surface area contributed by atoms with Crippen molar-refractivity contribution in [1.82, 2.24) is 5.32 Å². The van der Waals surface area contributed by atoms with Crippen molar-refractivity contribution in [3.63, 3.8) is 0 Å². The molecule has 1 aliphatic heterocycles. The summed E-state index contributed by atoms with van der Waals surface area (Å²) in [5.41, 5.74) is 1.44. The number of ether oxygens (including phenoxy) is 2. The van der Waals surface area contributed by atoms with Crippen LogP contribution in [0.3, 0.4) is 0 Å². The largest absolute Gasteiger partial charge is 0.454 e. The van der Waals surface area contributed by atoms with E-state index in [1.54, 1.807) is 30.3 Å². The van der Waals surface area contributed by atoms with Crippen molar-refractivity contribution in [2.45, 2.75) is 6.92 Å². The third-order valence-electron chi connectivity index (χ3n) is 3.41. The van der Waals surface area contributed by atoms with Crippen LogP contribution in [-0.2, 0) is 0 Å². The van der Waals surface area contributed by atoms with E-state index in [1.165, 1.54) is 6.07 Å². The Kier molecular flexibility index (Phi) is 4.95. The van der Waals surface area contributed by atoms with E-state index in [9.17, 15) is 9.59 Å². The number of benzene rings is 2. The third kappa shape index (κ3) is 3.95. The van der Waals surface area contributed by atoms with Crippen molar-refractivity contribution < 1.29 is 19.1 Å². The summed E-state index contributed by atoms with van der Waals surface area (Å²) in [5.74, 6) is 0.519. The third-order valence-corrected chi connectivity index (χ3v) is 3.69. The summed E-state index contributed by atoms with van der Waals surface area (Å²) in [5, 5.41) is 8.38. The number of carbonyl (C=O) groups excluding carboxylic acids is 2. The summed E-state index contributed by atoms with van der Waals surface area (Å²) in [6.07, 6.45) is 0. The smallest absolute Gasteiger partial charge is 0.319 e. The molecule has 130 valence electrons. The van der Waals surface area contributed by atoms with E-state index in [0.717, 1.165) is 0 Å². The Labute approximate surface area is 149 Å². The van der Waals surface area contributed by atoms with Crippen molar-refractivity contribution in [3.05, 3.63) is 47.0 Å². The minimum atomic E-state index is -0.352. The molecule has 0 spiro atoms. The predicted molar refractivity (Wildman–Crippen MR) is 94.7 cm³/mol. The molecule has 0 aromatic heterocycles. The molecule has 3 amide bonds. The molecule has 7 nitrogen and oxygen atoms in total. The van der Waals surface area contributed by atoms with E-state index in [0.29, 0.717) is 40.0 Å². The lowest BCUT2D eigenvalue weighted by Gasteiger charge is -2.10. The van der Waals surface area contributed by atoms with Crippen LogP contribution < -0.4 is 25.4 Å². The maximum Gasteiger partial charge on any atom is 0.319 e. The molecule has 1 heterocycles. The lowest BCUT2D eigenvalue weighted by molar-refractivity contribution is 0.102. The van der Waals surface area contributed by atoms with Gasteiger partial charge in [0.15, 0.2) is 11.5 Å². The number of anilines is 2. The zero-order chi connectivity index (χ0) is 17.8. The first kappa shape index (κ1) is 16.9. The Morgan fingerprint density at radius 3 is 2.64 bits per heavy atom. The second-order valence-electron chi connectivity index (χ2n) is 5.21. The van der Waals surface area contributed by atoms with E-state index in [4.69, 9.17) is 21.1 Å². The van der Waals surface area contributed by atoms with Gasteiger partial charge in [-0.25, -0.2) is 4.79 Å². The quantitative estimate of drug-likeness (QED) is 0.778. The maximum atomic E-state index is 12.4. The van der Waals surface area contributed by atoms with Gasteiger partial charge >= 0.3 is 6.03 Å². The summed E-state index contributed by atoms with van der Waals surface area (Å²) < 4.78 is 10.5. The number of rotatable bonds is 4. The number of amides is 3. The summed E-state index contributed by atoms with van der Waals surface area (Å²) in [6.45, 7) is 2.42. The van der Waals surface area contributed by atoms with Crippen molar-refractivity contribution in [3.8, 4) is 11.5 Å². The molecule has 0 atom stereocenters. The first-order chi connectivity index (χ1) is 12.1. The fourth-order valence-electron chi connectivity index (χ4n) is 2.31. The molecule has 0 radical (unpaired) electrons. The highest BCUT2D eigenvalue weighted by molar-refractivity contribution is 6.32. The van der Waals surface area contributed by atoms with E-state index < -0.39 is 0 Å². The Morgan fingerprint density at radius 2 is 1.88 bits per heavy atom. The van der Waals surface area contributed by atoms with Gasteiger partial charge in [-0.1, -0.05) is 17.7 Å². The van der Waals surface area contributed by atoms with Gasteiger partial charge in [0.25, 0.3) is 5.91 Å². The molecule has 2 aromatic carbocycles. The molecule has 0 bridgehead atoms. The van der Waals surface area contributed by atoms with Crippen molar-refractivity contribution in [2.24, 2.45) is 0 Å². The van der Waals surface area contributed by atoms with Gasteiger partial charge in [0.2, 0.25) is 6.79 Å². The molecule has 2 aromatic rings. The molecular formula is C17H16ClN3O4. The average molecular weight is 362 g/mol. The molecule has 3 rings (SSSR count). The van der Waals surface area contributed by atoms with E-state index in [1.807, 2.05) is 6.92 Å². The number of hydrogen-bond donors (Lipinski definition) is 3. The highest BCUT2D eigenvalue weighted by Gasteiger charge is 2.20. The number of nitrogens with one attached hydrogen (secondary N) is 3. The van der Waals surface area contributed by atoms with Crippen LogP contribution in [0.15, 0.2) is 36.4 Å². The summed E-state index contributed by atoms with van der Waals surface area (Å²) in [7, 11) is 0. The summed E-state index contributed by atoms with van der Waals surface area (Å²) in [6, 6.07) is 9.60. The van der Waals surface area contributed by atoms with E-state index in [-0.39, 0.29) is 18.7 Å². The van der Waals surface area contributed by atoms with Crippen LogP contribution in [0.2, 0.25) is 5.02 Å². The van der Waals surface area contributed by atoms with Crippen molar-refractivity contribution >= 4 is 34.9 Å². The molecule has 8 heteroatoms. The second-order valence-corrected chi connectivity index (χ2v) is 5.62. The van der Waals surface area contributed by atoms with Crippen LogP contribution in [0, 0.1) is 0 Å². The Morgan fingerprint density at radius 1 is 1.12 bits per heavy atom. The van der Waals surface area contributed by atoms with Gasteiger partial charge in [0.1, 0.15) is 0 Å². The molecule has 0 saturated carbocycles. The molecule has 25 heavy (non-hydrogen) atoms. The topological polar surface area (TPSA) is 88.7 Å². The zero-order valence-corrected chi connectivity index (χ0v) is 14.1. The van der Waals surface area contributed by atoms with E-state index in [2.05, 4.69) is 16.0 Å². The van der Waals surface area contributed by atoms with Gasteiger partial charge in [-0.15, -0.1) is 0 Å². The standard InChI is InChI=1S/C17H16ClN3O4/c1-2-19-17(23)21-12-5-3-4-11(8-12)20-16(22)10-6-13(18)15-14(7-10)24-9-25-15/h3-8H,2,9H2,1H3,(H,20,22)(H2,19,21,23). The SMILES string of the molecule is CCNC(=O)Nc1cccc(NC(=O)c2cc(Cl)c3c(c2)OCO3)c1. The minimum absolute atomic E-state index is 0.0770. The molecule has 3 N–H and O–H groups in total. The van der Waals surface area contributed by atoms with Gasteiger partial charge in [-0.05, 0) is 37.3 Å². The van der Waals surface area contributed by atoms with Gasteiger partial charge in [-0.3, -0.25) is 4.79 Å². The van der Waals surface area contributed by atoms with E-state index >= 15 is 0 Å². The summed E-state index contributed by atoms with van der Waals surface area (Å²) >= 11 is 6.09. The lowest BCUT2D eigenvalue weighted by Crippen LogP contribution is -2.28. The van der Waals surface area contributed by atoms with Crippen molar-refractivity contribution in [1.29, 1.82) is 0 Å². The molecular weight excluding hydrogens is 346 g/mol. The summed E-state index contributed by atoms with van der Waals surface area (Å²) in [4.78, 5) is 24.0. The number of urea groups is 1. The molecule has 0 unspecified atom stereocenters. The highest BCUT2D eigenvalue weighted by Crippen LogP contribution is 2.39. The van der Waals surface area contributed by atoms with Crippen LogP contribution >= 0.6 is 11.6 Å². The fourth-order valence-corrected chi connectivity index (χ4v) is 2.58. The van der Waals surface area contributed by atoms with Crippen LogP contribution in [0.5, 0.6) is 11.5 Å². The molecule has 0 aliphatic carbocycles. The van der Waals surface area contributed by atoms with Crippen LogP contribution in [0.25, 0.3) is 0 Å². The minimum Gasteiger partial charge on any atom is -0.454 e. The molecule has 0 saturated heterocycles. The maximum absolute atomic E-state index is 12.4. The highest BCUT2D eigenvalue weighted by atomic mass is 35.5. The number of halogens is 1. The molecule has 1 aliphatic rings. The van der Waals surface area contributed by atoms with Crippen LogP contribution in [-0.4, -0.2) is 25.3 Å². The average Bonchev–Trinajstić information content (AvgIpc) is 3.04. The Bertz CT molecular complexity index is 826. The number of fused-ring (bicyclic) bond motifs is 1. The first-order valence-electron chi connectivity index (χ1n) is 7.62. The van der Waals surface area contributed by atoms with Crippen LogP contribution in [0.4, 0.5) is 16.2 Å². The fraction of sp³-hybridized carbons (Fsp3) is 0.176. The number of carbonyl (C=O) groups is 2. The predicted octanol–water partition coefficient (Wildman–Crippen LogP) is 3.46. The first-order valence-corrected chi connectivity index (χ1v) is 8.00. The molecule has 0 fully saturated rings. The van der Waals surface area contributed by atoms with Gasteiger partial charge in [0, 0.05) is 23.5 Å².